The van der Waals surface area contributed by atoms with Crippen LogP contribution >= 0.6 is 0 Å². The first-order valence-electron chi connectivity index (χ1n) is 9.84. The van der Waals surface area contributed by atoms with Crippen molar-refractivity contribution >= 4 is 11.9 Å². The van der Waals surface area contributed by atoms with Crippen LogP contribution in [0.5, 0.6) is 0 Å². The number of hydrogen-bond acceptors (Lipinski definition) is 5. The van der Waals surface area contributed by atoms with Crippen LogP contribution in [0.15, 0.2) is 6.33 Å². The van der Waals surface area contributed by atoms with E-state index in [0.717, 1.165) is 25.2 Å². The minimum Gasteiger partial charge on any atom is -0.377 e. The van der Waals surface area contributed by atoms with E-state index in [0.29, 0.717) is 26.3 Å². The molecule has 1 aromatic heterocycles. The third-order valence-corrected chi connectivity index (χ3v) is 5.42. The molecule has 0 aromatic carbocycles. The Bertz CT molecular complexity index is 643. The predicted octanol–water partition coefficient (Wildman–Crippen LogP) is 1.000. The van der Waals surface area contributed by atoms with E-state index >= 15 is 0 Å². The van der Waals surface area contributed by atoms with Crippen LogP contribution in [0.2, 0.25) is 0 Å². The molecule has 0 radical (unpaired) electrons. The van der Waals surface area contributed by atoms with Gasteiger partial charge in [0, 0.05) is 32.6 Å². The van der Waals surface area contributed by atoms with Crippen LogP contribution in [0.25, 0.3) is 0 Å². The Hall–Kier alpha value is -2.16. The molecule has 3 rings (SSSR count). The molecule has 27 heavy (non-hydrogen) atoms. The molecule has 1 N–H and O–H groups in total. The number of morpholine rings is 1. The van der Waals surface area contributed by atoms with Crippen molar-refractivity contribution in [1.29, 1.82) is 0 Å². The van der Waals surface area contributed by atoms with E-state index in [-0.39, 0.29) is 30.4 Å². The molecule has 1 aliphatic carbocycles. The van der Waals surface area contributed by atoms with Crippen LogP contribution in [-0.2, 0) is 22.6 Å². The van der Waals surface area contributed by atoms with Gasteiger partial charge in [0.05, 0.1) is 25.8 Å². The minimum absolute atomic E-state index is 0.0326. The van der Waals surface area contributed by atoms with Gasteiger partial charge in [-0.2, -0.15) is 0 Å². The van der Waals surface area contributed by atoms with Gasteiger partial charge in [-0.05, 0) is 19.8 Å². The molecular formula is C18H30N6O3. The highest BCUT2D eigenvalue weighted by Crippen LogP contribution is 2.19. The van der Waals surface area contributed by atoms with Gasteiger partial charge in [-0.1, -0.05) is 12.8 Å². The van der Waals surface area contributed by atoms with Crippen LogP contribution in [0.4, 0.5) is 4.79 Å². The first kappa shape index (κ1) is 19.6. The largest absolute Gasteiger partial charge is 0.377 e. The van der Waals surface area contributed by atoms with Gasteiger partial charge < -0.3 is 24.4 Å². The number of rotatable bonds is 6. The van der Waals surface area contributed by atoms with Crippen molar-refractivity contribution in [1.82, 2.24) is 29.9 Å². The summed E-state index contributed by atoms with van der Waals surface area (Å²) in [6.45, 7) is 4.59. The average Bonchev–Trinajstić information content (AvgIpc) is 3.33. The number of aryl methyl sites for hydroxylation is 1. The fraction of sp³-hybridized carbons (Fsp3) is 0.778. The van der Waals surface area contributed by atoms with Gasteiger partial charge in [0.25, 0.3) is 0 Å². The van der Waals surface area contributed by atoms with Gasteiger partial charge in [0.2, 0.25) is 5.91 Å². The summed E-state index contributed by atoms with van der Waals surface area (Å²) in [5.74, 6) is 0.721. The summed E-state index contributed by atoms with van der Waals surface area (Å²) in [6.07, 6.45) is 6.33. The molecule has 0 spiro atoms. The Balaban J connectivity index is 1.56. The maximum absolute atomic E-state index is 12.7. The Morgan fingerprint density at radius 1 is 1.37 bits per heavy atom. The molecule has 1 aliphatic heterocycles. The van der Waals surface area contributed by atoms with Gasteiger partial charge in [-0.15, -0.1) is 10.2 Å². The number of carbonyl (C=O) groups is 2. The second-order valence-electron chi connectivity index (χ2n) is 7.34. The van der Waals surface area contributed by atoms with Crippen molar-refractivity contribution in [2.24, 2.45) is 0 Å². The molecule has 2 heterocycles. The molecule has 1 saturated carbocycles. The topological polar surface area (TPSA) is 92.6 Å². The van der Waals surface area contributed by atoms with Crippen LogP contribution in [0.1, 0.15) is 44.9 Å². The van der Waals surface area contributed by atoms with Gasteiger partial charge >= 0.3 is 6.03 Å². The zero-order valence-corrected chi connectivity index (χ0v) is 16.3. The second-order valence-corrected chi connectivity index (χ2v) is 7.34. The van der Waals surface area contributed by atoms with Gasteiger partial charge in [0.15, 0.2) is 5.82 Å². The predicted molar refractivity (Wildman–Crippen MR) is 98.9 cm³/mol. The summed E-state index contributed by atoms with van der Waals surface area (Å²) in [6, 6.07) is -0.0460. The molecule has 150 valence electrons. The summed E-state index contributed by atoms with van der Waals surface area (Å²) in [5.41, 5.74) is 0. The molecular weight excluding hydrogens is 348 g/mol. The SMILES string of the molecule is CCn1cnnc1CN(C)C(=O)C[C@@H]1COCCN1C(=O)NC1CCCC1. The number of carbonyl (C=O) groups excluding carboxylic acids is 2. The Labute approximate surface area is 160 Å². The molecule has 0 unspecified atom stereocenters. The van der Waals surface area contributed by atoms with E-state index in [1.54, 1.807) is 23.2 Å². The summed E-state index contributed by atoms with van der Waals surface area (Å²) >= 11 is 0. The molecule has 0 bridgehead atoms. The molecule has 1 saturated heterocycles. The Morgan fingerprint density at radius 2 is 2.15 bits per heavy atom. The third kappa shape index (κ3) is 4.97. The number of amides is 3. The van der Waals surface area contributed by atoms with Crippen molar-refractivity contribution in [2.75, 3.05) is 26.8 Å². The number of nitrogens with zero attached hydrogens (tertiary/aromatic N) is 5. The minimum atomic E-state index is -0.237. The van der Waals surface area contributed by atoms with E-state index in [9.17, 15) is 9.59 Å². The van der Waals surface area contributed by atoms with E-state index in [2.05, 4.69) is 15.5 Å². The lowest BCUT2D eigenvalue weighted by atomic mass is 10.1. The monoisotopic (exact) mass is 378 g/mol. The standard InChI is InChI=1S/C18H30N6O3/c1-3-23-13-19-21-16(23)11-22(2)17(25)10-15-12-27-9-8-24(15)18(26)20-14-6-4-5-7-14/h13-15H,3-12H2,1-2H3,(H,20,26)/t15-/m1/s1. The Morgan fingerprint density at radius 3 is 2.89 bits per heavy atom. The van der Waals surface area contributed by atoms with Crippen LogP contribution in [0, 0.1) is 0 Å². The smallest absolute Gasteiger partial charge is 0.318 e. The first-order valence-corrected chi connectivity index (χ1v) is 9.84. The van der Waals surface area contributed by atoms with Crippen LogP contribution < -0.4 is 5.32 Å². The average molecular weight is 378 g/mol. The van der Waals surface area contributed by atoms with Crippen molar-refractivity contribution < 1.29 is 14.3 Å². The third-order valence-electron chi connectivity index (χ3n) is 5.42. The van der Waals surface area contributed by atoms with E-state index in [1.165, 1.54) is 12.8 Å². The van der Waals surface area contributed by atoms with Gasteiger partial charge in [0.1, 0.15) is 6.33 Å². The highest BCUT2D eigenvalue weighted by Gasteiger charge is 2.31. The normalized spacial score (nSPS) is 20.7. The highest BCUT2D eigenvalue weighted by molar-refractivity contribution is 5.79. The lowest BCUT2D eigenvalue weighted by Crippen LogP contribution is -2.55. The zero-order valence-electron chi connectivity index (χ0n) is 16.3. The summed E-state index contributed by atoms with van der Waals surface area (Å²) in [5, 5.41) is 11.1. The van der Waals surface area contributed by atoms with Crippen molar-refractivity contribution in [3.8, 4) is 0 Å². The molecule has 2 fully saturated rings. The van der Waals surface area contributed by atoms with Crippen molar-refractivity contribution in [3.05, 3.63) is 12.2 Å². The van der Waals surface area contributed by atoms with Crippen molar-refractivity contribution in [2.45, 2.75) is 64.2 Å². The quantitative estimate of drug-likeness (QED) is 0.797. The van der Waals surface area contributed by atoms with Crippen LogP contribution in [0.3, 0.4) is 0 Å². The Kier molecular flexibility index (Phi) is 6.65. The number of urea groups is 1. The fourth-order valence-electron chi connectivity index (χ4n) is 3.74. The number of ether oxygens (including phenoxy) is 1. The van der Waals surface area contributed by atoms with E-state index in [4.69, 9.17) is 4.74 Å². The molecule has 3 amide bonds. The number of aromatic nitrogens is 3. The summed E-state index contributed by atoms with van der Waals surface area (Å²) in [7, 11) is 1.75. The fourth-order valence-corrected chi connectivity index (χ4v) is 3.74. The van der Waals surface area contributed by atoms with Gasteiger partial charge in [-0.3, -0.25) is 4.79 Å². The summed E-state index contributed by atoms with van der Waals surface area (Å²) < 4.78 is 7.45. The highest BCUT2D eigenvalue weighted by atomic mass is 16.5. The summed E-state index contributed by atoms with van der Waals surface area (Å²) in [4.78, 5) is 28.8. The lowest BCUT2D eigenvalue weighted by Gasteiger charge is -2.36. The molecule has 2 aliphatic rings. The first-order chi connectivity index (χ1) is 13.1. The van der Waals surface area contributed by atoms with Crippen LogP contribution in [-0.4, -0.2) is 75.4 Å². The van der Waals surface area contributed by atoms with Crippen molar-refractivity contribution in [3.63, 3.8) is 0 Å². The number of hydrogen-bond donors (Lipinski definition) is 1. The second kappa shape index (κ2) is 9.16. The molecule has 9 heteroatoms. The maximum Gasteiger partial charge on any atom is 0.318 e. The number of nitrogens with one attached hydrogen (secondary N) is 1. The molecule has 1 atom stereocenters. The van der Waals surface area contributed by atoms with E-state index < -0.39 is 0 Å². The van der Waals surface area contributed by atoms with Gasteiger partial charge in [-0.25, -0.2) is 4.79 Å². The lowest BCUT2D eigenvalue weighted by molar-refractivity contribution is -0.133. The maximum atomic E-state index is 12.7. The zero-order chi connectivity index (χ0) is 19.2. The molecule has 9 nitrogen and oxygen atoms in total. The molecule has 1 aromatic rings. The van der Waals surface area contributed by atoms with E-state index in [1.807, 2.05) is 11.5 Å².